The van der Waals surface area contributed by atoms with Crippen molar-refractivity contribution in [3.8, 4) is 0 Å². The van der Waals surface area contributed by atoms with E-state index in [1.807, 2.05) is 38.1 Å². The Bertz CT molecular complexity index is 770. The molecule has 0 fully saturated rings. The summed E-state index contributed by atoms with van der Waals surface area (Å²) in [5.74, 6) is -1.32. The van der Waals surface area contributed by atoms with Crippen molar-refractivity contribution >= 4 is 11.9 Å². The number of carboxylic acid groups (broad SMARTS) is 1. The van der Waals surface area contributed by atoms with Gasteiger partial charge >= 0.3 is 11.9 Å². The summed E-state index contributed by atoms with van der Waals surface area (Å²) < 4.78 is 5.21. The Kier molecular flexibility index (Phi) is 6.31. The minimum absolute atomic E-state index is 0.221. The first-order valence-corrected chi connectivity index (χ1v) is 8.22. The van der Waals surface area contributed by atoms with Crippen LogP contribution in [0.3, 0.4) is 0 Å². The number of nitrogens with one attached hydrogen (secondary N) is 1. The van der Waals surface area contributed by atoms with Gasteiger partial charge in [0, 0.05) is 6.54 Å². The first-order valence-electron chi connectivity index (χ1n) is 8.22. The van der Waals surface area contributed by atoms with E-state index in [0.29, 0.717) is 13.2 Å². The normalized spacial score (nSPS) is 11.8. The van der Waals surface area contributed by atoms with Gasteiger partial charge in [-0.05, 0) is 55.2 Å². The van der Waals surface area contributed by atoms with E-state index in [-0.39, 0.29) is 11.5 Å². The van der Waals surface area contributed by atoms with Crippen molar-refractivity contribution in [1.29, 1.82) is 0 Å². The van der Waals surface area contributed by atoms with Crippen molar-refractivity contribution in [1.82, 2.24) is 5.32 Å². The first kappa shape index (κ1) is 18.7. The van der Waals surface area contributed by atoms with E-state index in [4.69, 9.17) is 9.84 Å². The zero-order valence-electron chi connectivity index (χ0n) is 14.7. The second kappa shape index (κ2) is 8.44. The smallest absolute Gasteiger partial charge is 0.335 e. The highest BCUT2D eigenvalue weighted by Crippen LogP contribution is 2.22. The summed E-state index contributed by atoms with van der Waals surface area (Å²) in [5, 5.41) is 12.3. The van der Waals surface area contributed by atoms with Gasteiger partial charge in [-0.3, -0.25) is 5.32 Å². The molecule has 1 atom stereocenters. The fourth-order valence-electron chi connectivity index (χ4n) is 2.67. The summed E-state index contributed by atoms with van der Waals surface area (Å²) in [6.45, 7) is 6.41. The maximum atomic E-state index is 12.4. The third-order valence-electron chi connectivity index (χ3n) is 4.16. The van der Waals surface area contributed by atoms with E-state index in [1.165, 1.54) is 0 Å². The number of ether oxygens (including phenoxy) is 1. The Morgan fingerprint density at radius 2 is 1.88 bits per heavy atom. The number of hydrogen-bond acceptors (Lipinski definition) is 4. The molecule has 5 heteroatoms. The highest BCUT2D eigenvalue weighted by molar-refractivity contribution is 5.87. The fraction of sp³-hybridized carbons (Fsp3) is 0.300. The number of aryl methyl sites for hydroxylation is 1. The topological polar surface area (TPSA) is 75.6 Å². The van der Waals surface area contributed by atoms with Crippen LogP contribution in [0.1, 0.15) is 45.6 Å². The lowest BCUT2D eigenvalue weighted by atomic mass is 9.97. The van der Waals surface area contributed by atoms with E-state index in [2.05, 4.69) is 5.32 Å². The van der Waals surface area contributed by atoms with E-state index in [1.54, 1.807) is 25.1 Å². The van der Waals surface area contributed by atoms with Gasteiger partial charge in [-0.1, -0.05) is 30.3 Å². The molecule has 0 heterocycles. The Balaban J connectivity index is 2.25. The van der Waals surface area contributed by atoms with Gasteiger partial charge in [0.25, 0.3) is 0 Å². The molecule has 2 aromatic carbocycles. The summed E-state index contributed by atoms with van der Waals surface area (Å²) in [7, 11) is 0. The standard InChI is InChI=1S/C20H23NO4/c1-4-25-20(24)18(17-10-5-7-13(2)14(17)3)21-12-15-8-6-9-16(11-15)19(22)23/h5-11,18,21H,4,12H2,1-3H3,(H,22,23). The van der Waals surface area contributed by atoms with E-state index in [9.17, 15) is 9.59 Å². The molecular formula is C20H23NO4. The van der Waals surface area contributed by atoms with Crippen LogP contribution in [-0.2, 0) is 16.1 Å². The summed E-state index contributed by atoms with van der Waals surface area (Å²) in [6.07, 6.45) is 0. The zero-order chi connectivity index (χ0) is 18.4. The van der Waals surface area contributed by atoms with Gasteiger partial charge in [-0.25, -0.2) is 9.59 Å². The third-order valence-corrected chi connectivity index (χ3v) is 4.16. The number of benzene rings is 2. The second-order valence-electron chi connectivity index (χ2n) is 5.86. The van der Waals surface area contributed by atoms with Crippen molar-refractivity contribution in [2.24, 2.45) is 0 Å². The van der Waals surface area contributed by atoms with E-state index >= 15 is 0 Å². The minimum Gasteiger partial charge on any atom is -0.478 e. The van der Waals surface area contributed by atoms with Gasteiger partial charge < -0.3 is 9.84 Å². The van der Waals surface area contributed by atoms with Gasteiger partial charge in [0.1, 0.15) is 6.04 Å². The Morgan fingerprint density at radius 1 is 1.16 bits per heavy atom. The van der Waals surface area contributed by atoms with Crippen molar-refractivity contribution in [3.05, 3.63) is 70.3 Å². The number of hydrogen-bond donors (Lipinski definition) is 2. The Hall–Kier alpha value is -2.66. The number of aromatic carboxylic acids is 1. The molecule has 2 N–H and O–H groups in total. The van der Waals surface area contributed by atoms with Crippen LogP contribution in [0.4, 0.5) is 0 Å². The molecule has 0 aromatic heterocycles. The molecule has 1 unspecified atom stereocenters. The molecule has 0 aliphatic rings. The van der Waals surface area contributed by atoms with Gasteiger partial charge in [0.05, 0.1) is 12.2 Å². The molecule has 0 saturated heterocycles. The zero-order valence-corrected chi connectivity index (χ0v) is 14.7. The van der Waals surface area contributed by atoms with E-state index < -0.39 is 12.0 Å². The largest absolute Gasteiger partial charge is 0.478 e. The molecule has 2 rings (SSSR count). The summed E-state index contributed by atoms with van der Waals surface area (Å²) in [4.78, 5) is 23.5. The molecule has 25 heavy (non-hydrogen) atoms. The highest BCUT2D eigenvalue weighted by Gasteiger charge is 2.23. The number of carbonyl (C=O) groups excluding carboxylic acids is 1. The summed E-state index contributed by atoms with van der Waals surface area (Å²) in [6, 6.07) is 11.9. The summed E-state index contributed by atoms with van der Waals surface area (Å²) in [5.41, 5.74) is 4.01. The number of carboxylic acids is 1. The lowest BCUT2D eigenvalue weighted by Crippen LogP contribution is -2.30. The molecule has 132 valence electrons. The van der Waals surface area contributed by atoms with Crippen molar-refractivity contribution in [2.75, 3.05) is 6.61 Å². The second-order valence-corrected chi connectivity index (χ2v) is 5.86. The van der Waals surface area contributed by atoms with Crippen molar-refractivity contribution in [3.63, 3.8) is 0 Å². The summed E-state index contributed by atoms with van der Waals surface area (Å²) >= 11 is 0. The Morgan fingerprint density at radius 3 is 2.56 bits per heavy atom. The molecule has 0 radical (unpaired) electrons. The molecule has 5 nitrogen and oxygen atoms in total. The van der Waals surface area contributed by atoms with Crippen LogP contribution in [0.25, 0.3) is 0 Å². The van der Waals surface area contributed by atoms with Crippen LogP contribution in [0.15, 0.2) is 42.5 Å². The lowest BCUT2D eigenvalue weighted by Gasteiger charge is -2.20. The molecule has 2 aromatic rings. The van der Waals surface area contributed by atoms with Gasteiger partial charge in [0.15, 0.2) is 0 Å². The fourth-order valence-corrected chi connectivity index (χ4v) is 2.67. The predicted octanol–water partition coefficient (Wildman–Crippen LogP) is 3.40. The maximum Gasteiger partial charge on any atom is 0.335 e. The highest BCUT2D eigenvalue weighted by atomic mass is 16.5. The van der Waals surface area contributed by atoms with Crippen LogP contribution in [0, 0.1) is 13.8 Å². The molecular weight excluding hydrogens is 318 g/mol. The molecule has 0 saturated carbocycles. The van der Waals surface area contributed by atoms with Crippen LogP contribution < -0.4 is 5.32 Å². The molecule has 0 amide bonds. The number of esters is 1. The van der Waals surface area contributed by atoms with E-state index in [0.717, 1.165) is 22.3 Å². The Labute approximate surface area is 147 Å². The number of rotatable bonds is 7. The molecule has 0 aliphatic carbocycles. The van der Waals surface area contributed by atoms with Crippen LogP contribution in [0.2, 0.25) is 0 Å². The van der Waals surface area contributed by atoms with Gasteiger partial charge in [0.2, 0.25) is 0 Å². The predicted molar refractivity (Wildman–Crippen MR) is 95.5 cm³/mol. The third kappa shape index (κ3) is 4.67. The molecule has 0 aliphatic heterocycles. The van der Waals surface area contributed by atoms with Gasteiger partial charge in [-0.2, -0.15) is 0 Å². The van der Waals surface area contributed by atoms with Crippen LogP contribution in [-0.4, -0.2) is 23.7 Å². The minimum atomic E-state index is -0.974. The van der Waals surface area contributed by atoms with Crippen LogP contribution >= 0.6 is 0 Å². The molecule has 0 bridgehead atoms. The SMILES string of the molecule is CCOC(=O)C(NCc1cccc(C(=O)O)c1)c1cccc(C)c1C. The lowest BCUT2D eigenvalue weighted by molar-refractivity contribution is -0.145. The van der Waals surface area contributed by atoms with Gasteiger partial charge in [-0.15, -0.1) is 0 Å². The average molecular weight is 341 g/mol. The van der Waals surface area contributed by atoms with Crippen molar-refractivity contribution < 1.29 is 19.4 Å². The van der Waals surface area contributed by atoms with Crippen molar-refractivity contribution in [2.45, 2.75) is 33.4 Å². The average Bonchev–Trinajstić information content (AvgIpc) is 2.59. The van der Waals surface area contributed by atoms with Crippen LogP contribution in [0.5, 0.6) is 0 Å². The monoisotopic (exact) mass is 341 g/mol. The number of carbonyl (C=O) groups is 2. The molecule has 0 spiro atoms. The quantitative estimate of drug-likeness (QED) is 0.755. The maximum absolute atomic E-state index is 12.4. The first-order chi connectivity index (χ1) is 11.9.